The lowest BCUT2D eigenvalue weighted by Gasteiger charge is -2.04. The maximum absolute atomic E-state index is 12.9. The molecule has 8 heteroatoms. The number of benzene rings is 1. The van der Waals surface area contributed by atoms with Gasteiger partial charge in [0.25, 0.3) is 5.91 Å². The molecule has 2 heterocycles. The first-order valence-corrected chi connectivity index (χ1v) is 9.65. The van der Waals surface area contributed by atoms with Gasteiger partial charge in [-0.15, -0.1) is 11.3 Å². The van der Waals surface area contributed by atoms with Crippen LogP contribution in [0.1, 0.15) is 27.2 Å². The van der Waals surface area contributed by atoms with Crippen molar-refractivity contribution in [2.45, 2.75) is 12.8 Å². The second-order valence-electron chi connectivity index (χ2n) is 5.50. The molecule has 0 saturated heterocycles. The van der Waals surface area contributed by atoms with E-state index < -0.39 is 0 Å². The van der Waals surface area contributed by atoms with Crippen molar-refractivity contribution in [3.05, 3.63) is 69.1 Å². The van der Waals surface area contributed by atoms with Crippen LogP contribution < -0.4 is 10.6 Å². The Hall–Kier alpha value is -2.58. The molecule has 3 rings (SSSR count). The molecule has 2 amide bonds. The van der Waals surface area contributed by atoms with Gasteiger partial charge in [0.1, 0.15) is 5.82 Å². The molecule has 0 fully saturated rings. The predicted octanol–water partition coefficient (Wildman–Crippen LogP) is 3.69. The Labute approximate surface area is 157 Å². The lowest BCUT2D eigenvalue weighted by Crippen LogP contribution is -2.27. The average Bonchev–Trinajstić information content (AvgIpc) is 3.29. The minimum atomic E-state index is -0.267. The highest BCUT2D eigenvalue weighted by atomic mass is 32.1. The van der Waals surface area contributed by atoms with Crippen LogP contribution in [-0.4, -0.2) is 23.3 Å². The van der Waals surface area contributed by atoms with Crippen LogP contribution in [0.3, 0.4) is 0 Å². The molecule has 0 atom stereocenters. The van der Waals surface area contributed by atoms with Crippen LogP contribution in [0.4, 0.5) is 9.52 Å². The van der Waals surface area contributed by atoms with Crippen LogP contribution in [0.2, 0.25) is 0 Å². The van der Waals surface area contributed by atoms with Crippen LogP contribution >= 0.6 is 22.7 Å². The van der Waals surface area contributed by atoms with Gasteiger partial charge in [0.2, 0.25) is 5.91 Å². The smallest absolute Gasteiger partial charge is 0.252 e. The molecule has 0 spiro atoms. The summed E-state index contributed by atoms with van der Waals surface area (Å²) in [5, 5.41) is 9.52. The van der Waals surface area contributed by atoms with E-state index in [4.69, 9.17) is 0 Å². The Kier molecular flexibility index (Phi) is 6.08. The minimum absolute atomic E-state index is 0.169. The number of thiazole rings is 1. The number of amides is 2. The molecule has 0 bridgehead atoms. The topological polar surface area (TPSA) is 71.1 Å². The largest absolute Gasteiger partial charge is 0.351 e. The van der Waals surface area contributed by atoms with Gasteiger partial charge in [-0.1, -0.05) is 12.1 Å². The first-order valence-electron chi connectivity index (χ1n) is 7.89. The number of hydrogen-bond donors (Lipinski definition) is 2. The third kappa shape index (κ3) is 5.21. The predicted molar refractivity (Wildman–Crippen MR) is 101 cm³/mol. The molecular formula is C18H16FN3O2S2. The number of nitrogens with one attached hydrogen (secondary N) is 2. The Bertz CT molecular complexity index is 876. The van der Waals surface area contributed by atoms with E-state index in [9.17, 15) is 14.0 Å². The van der Waals surface area contributed by atoms with E-state index in [2.05, 4.69) is 15.6 Å². The van der Waals surface area contributed by atoms with E-state index in [1.54, 1.807) is 29.8 Å². The van der Waals surface area contributed by atoms with Crippen LogP contribution in [0, 0.1) is 5.82 Å². The molecule has 0 radical (unpaired) electrons. The number of rotatable bonds is 7. The van der Waals surface area contributed by atoms with Crippen LogP contribution in [-0.2, 0) is 11.2 Å². The van der Waals surface area contributed by atoms with E-state index >= 15 is 0 Å². The quantitative estimate of drug-likeness (QED) is 0.647. The Balaban J connectivity index is 1.44. The van der Waals surface area contributed by atoms with Gasteiger partial charge < -0.3 is 10.6 Å². The van der Waals surface area contributed by atoms with Gasteiger partial charge in [0, 0.05) is 41.4 Å². The maximum Gasteiger partial charge on any atom is 0.252 e. The minimum Gasteiger partial charge on any atom is -0.351 e. The Morgan fingerprint density at radius 3 is 2.69 bits per heavy atom. The monoisotopic (exact) mass is 389 g/mol. The number of aromatic nitrogens is 1. The number of carbonyl (C=O) groups excluding carboxylic acids is 2. The molecule has 5 nitrogen and oxygen atoms in total. The summed E-state index contributed by atoms with van der Waals surface area (Å²) in [6.45, 7) is 0.258. The Morgan fingerprint density at radius 1 is 1.15 bits per heavy atom. The van der Waals surface area contributed by atoms with E-state index in [1.807, 2.05) is 5.38 Å². The van der Waals surface area contributed by atoms with Crippen LogP contribution in [0.15, 0.2) is 47.3 Å². The van der Waals surface area contributed by atoms with Crippen molar-refractivity contribution in [2.24, 2.45) is 0 Å². The number of halogens is 1. The molecule has 0 unspecified atom stereocenters. The molecule has 2 N–H and O–H groups in total. The SMILES string of the molecule is O=C(CCNC(=O)c1ccsc1)Nc1ncc(Cc2ccc(F)cc2)s1. The highest BCUT2D eigenvalue weighted by Gasteiger charge is 2.09. The first kappa shape index (κ1) is 18.2. The van der Waals surface area contributed by atoms with Gasteiger partial charge in [-0.2, -0.15) is 11.3 Å². The molecule has 0 aliphatic rings. The van der Waals surface area contributed by atoms with Crippen molar-refractivity contribution in [1.82, 2.24) is 10.3 Å². The molecular weight excluding hydrogens is 373 g/mol. The number of carbonyl (C=O) groups is 2. The molecule has 134 valence electrons. The van der Waals surface area contributed by atoms with Gasteiger partial charge in [-0.05, 0) is 29.1 Å². The molecule has 26 heavy (non-hydrogen) atoms. The number of hydrogen-bond acceptors (Lipinski definition) is 5. The summed E-state index contributed by atoms with van der Waals surface area (Å²) in [5.41, 5.74) is 1.57. The molecule has 2 aromatic heterocycles. The third-order valence-corrected chi connectivity index (χ3v) is 5.11. The number of nitrogens with zero attached hydrogens (tertiary/aromatic N) is 1. The maximum atomic E-state index is 12.9. The third-order valence-electron chi connectivity index (χ3n) is 3.51. The zero-order valence-corrected chi connectivity index (χ0v) is 15.3. The van der Waals surface area contributed by atoms with Gasteiger partial charge in [-0.25, -0.2) is 9.37 Å². The Morgan fingerprint density at radius 2 is 1.96 bits per heavy atom. The van der Waals surface area contributed by atoms with Gasteiger partial charge in [-0.3, -0.25) is 9.59 Å². The summed E-state index contributed by atoms with van der Waals surface area (Å²) in [6, 6.07) is 8.03. The van der Waals surface area contributed by atoms with E-state index in [1.165, 1.54) is 34.8 Å². The van der Waals surface area contributed by atoms with Gasteiger partial charge in [0.05, 0.1) is 0 Å². The van der Waals surface area contributed by atoms with Crippen LogP contribution in [0.25, 0.3) is 0 Å². The highest BCUT2D eigenvalue weighted by Crippen LogP contribution is 2.21. The summed E-state index contributed by atoms with van der Waals surface area (Å²) in [7, 11) is 0. The van der Waals surface area contributed by atoms with Crippen molar-refractivity contribution >= 4 is 39.6 Å². The second-order valence-corrected chi connectivity index (χ2v) is 7.40. The van der Waals surface area contributed by atoms with Crippen LogP contribution in [0.5, 0.6) is 0 Å². The zero-order chi connectivity index (χ0) is 18.4. The van der Waals surface area contributed by atoms with Crippen molar-refractivity contribution in [1.29, 1.82) is 0 Å². The molecule has 0 saturated carbocycles. The molecule has 0 aliphatic carbocycles. The number of anilines is 1. The lowest BCUT2D eigenvalue weighted by atomic mass is 10.1. The molecule has 1 aromatic carbocycles. The van der Waals surface area contributed by atoms with E-state index in [0.717, 1.165) is 10.4 Å². The van der Waals surface area contributed by atoms with Gasteiger partial charge >= 0.3 is 0 Å². The zero-order valence-electron chi connectivity index (χ0n) is 13.7. The van der Waals surface area contributed by atoms with Crippen molar-refractivity contribution in [3.63, 3.8) is 0 Å². The normalized spacial score (nSPS) is 10.5. The second kappa shape index (κ2) is 8.68. The van der Waals surface area contributed by atoms with Crippen molar-refractivity contribution < 1.29 is 14.0 Å². The lowest BCUT2D eigenvalue weighted by molar-refractivity contribution is -0.116. The number of thiophene rings is 1. The summed E-state index contributed by atoms with van der Waals surface area (Å²) in [6.07, 6.45) is 2.50. The summed E-state index contributed by atoms with van der Waals surface area (Å²) < 4.78 is 12.9. The first-order chi connectivity index (χ1) is 12.6. The van der Waals surface area contributed by atoms with Gasteiger partial charge in [0.15, 0.2) is 5.13 Å². The summed E-state index contributed by atoms with van der Waals surface area (Å²) in [5.74, 6) is -0.662. The molecule has 0 aliphatic heterocycles. The fourth-order valence-electron chi connectivity index (χ4n) is 2.22. The standard InChI is InChI=1S/C18H16FN3O2S2/c19-14-3-1-12(2-4-14)9-15-10-21-18(26-15)22-16(23)5-7-20-17(24)13-6-8-25-11-13/h1-4,6,8,10-11H,5,7,9H2,(H,20,24)(H,21,22,23). The summed E-state index contributed by atoms with van der Waals surface area (Å²) in [4.78, 5) is 28.9. The fraction of sp³-hybridized carbons (Fsp3) is 0.167. The van der Waals surface area contributed by atoms with Crippen molar-refractivity contribution in [2.75, 3.05) is 11.9 Å². The highest BCUT2D eigenvalue weighted by molar-refractivity contribution is 7.15. The fourth-order valence-corrected chi connectivity index (χ4v) is 3.72. The van der Waals surface area contributed by atoms with E-state index in [0.29, 0.717) is 17.1 Å². The molecule has 3 aromatic rings. The van der Waals surface area contributed by atoms with E-state index in [-0.39, 0.29) is 30.6 Å². The average molecular weight is 389 g/mol. The summed E-state index contributed by atoms with van der Waals surface area (Å²) >= 11 is 2.82. The van der Waals surface area contributed by atoms with Crippen molar-refractivity contribution in [3.8, 4) is 0 Å².